The molecule has 182 valence electrons. The summed E-state index contributed by atoms with van der Waals surface area (Å²) >= 11 is 5.96. The SMILES string of the molecule is Cc1ccc(NC(=O)CCc2c(C)nc3nc(N)nn3c2C)cc1S(=O)(=O)Nc1cccc(Cl)c1. The molecule has 0 unspecified atom stereocenters. The lowest BCUT2D eigenvalue weighted by molar-refractivity contribution is -0.116. The third-order valence-corrected chi connectivity index (χ3v) is 7.26. The van der Waals surface area contributed by atoms with Crippen LogP contribution in [0.4, 0.5) is 17.3 Å². The molecule has 0 bridgehead atoms. The van der Waals surface area contributed by atoms with E-state index in [-0.39, 0.29) is 23.2 Å². The van der Waals surface area contributed by atoms with E-state index in [2.05, 4.69) is 25.1 Å². The molecule has 0 radical (unpaired) electrons. The summed E-state index contributed by atoms with van der Waals surface area (Å²) in [4.78, 5) is 21.2. The maximum Gasteiger partial charge on any atom is 0.262 e. The van der Waals surface area contributed by atoms with Crippen LogP contribution in [0.25, 0.3) is 5.78 Å². The number of nitrogen functional groups attached to an aromatic ring is 1. The highest BCUT2D eigenvalue weighted by atomic mass is 35.5. The number of nitrogens with one attached hydrogen (secondary N) is 2. The zero-order valence-corrected chi connectivity index (χ0v) is 20.9. The Balaban J connectivity index is 1.49. The second-order valence-electron chi connectivity index (χ2n) is 8.09. The van der Waals surface area contributed by atoms with Gasteiger partial charge in [0.05, 0.1) is 10.6 Å². The first-order chi connectivity index (χ1) is 16.5. The fraction of sp³-hybridized carbons (Fsp3) is 0.217. The number of amides is 1. The number of fused-ring (bicyclic) bond motifs is 1. The Morgan fingerprint density at radius 1 is 1.09 bits per heavy atom. The summed E-state index contributed by atoms with van der Waals surface area (Å²) in [5.41, 5.74) is 9.34. The fourth-order valence-corrected chi connectivity index (χ4v) is 5.29. The molecule has 4 aromatic rings. The van der Waals surface area contributed by atoms with Crippen molar-refractivity contribution in [2.45, 2.75) is 38.5 Å². The van der Waals surface area contributed by atoms with E-state index in [4.69, 9.17) is 17.3 Å². The van der Waals surface area contributed by atoms with Crippen LogP contribution in [0, 0.1) is 20.8 Å². The van der Waals surface area contributed by atoms with Crippen molar-refractivity contribution in [1.29, 1.82) is 0 Å². The van der Waals surface area contributed by atoms with Crippen LogP contribution >= 0.6 is 11.6 Å². The summed E-state index contributed by atoms with van der Waals surface area (Å²) < 4.78 is 30.0. The van der Waals surface area contributed by atoms with Gasteiger partial charge in [0.2, 0.25) is 11.9 Å². The van der Waals surface area contributed by atoms with Crippen LogP contribution in [0.15, 0.2) is 47.4 Å². The van der Waals surface area contributed by atoms with Crippen molar-refractivity contribution in [3.05, 3.63) is 70.0 Å². The standard InChI is InChI=1S/C23H24ClN7O3S/c1-13-7-8-17(12-20(13)35(33,34)30-18-6-4-5-16(24)11-18)27-21(32)10-9-19-14(2)26-23-28-22(25)29-31(23)15(19)3/h4-8,11-12,30H,9-10H2,1-3H3,(H2,25,29)(H,27,32). The van der Waals surface area contributed by atoms with Crippen molar-refractivity contribution in [3.63, 3.8) is 0 Å². The number of aryl methyl sites for hydroxylation is 3. The third-order valence-electron chi connectivity index (χ3n) is 5.51. The van der Waals surface area contributed by atoms with Gasteiger partial charge in [-0.25, -0.2) is 13.4 Å². The molecule has 35 heavy (non-hydrogen) atoms. The van der Waals surface area contributed by atoms with Gasteiger partial charge in [-0.05, 0) is 68.7 Å². The highest BCUT2D eigenvalue weighted by Gasteiger charge is 2.19. The lowest BCUT2D eigenvalue weighted by Gasteiger charge is -2.13. The van der Waals surface area contributed by atoms with Crippen LogP contribution < -0.4 is 15.8 Å². The number of hydrogen-bond acceptors (Lipinski definition) is 7. The zero-order chi connectivity index (χ0) is 25.3. The molecule has 0 saturated carbocycles. The van der Waals surface area contributed by atoms with Crippen molar-refractivity contribution < 1.29 is 13.2 Å². The van der Waals surface area contributed by atoms with Gasteiger partial charge in [0, 0.05) is 28.5 Å². The van der Waals surface area contributed by atoms with E-state index in [9.17, 15) is 13.2 Å². The number of anilines is 3. The summed E-state index contributed by atoms with van der Waals surface area (Å²) in [6.45, 7) is 5.39. The lowest BCUT2D eigenvalue weighted by atomic mass is 10.1. The molecule has 0 aliphatic heterocycles. The highest BCUT2D eigenvalue weighted by molar-refractivity contribution is 7.92. The summed E-state index contributed by atoms with van der Waals surface area (Å²) in [6, 6.07) is 11.2. The van der Waals surface area contributed by atoms with Crippen LogP contribution in [0.5, 0.6) is 0 Å². The minimum Gasteiger partial charge on any atom is -0.366 e. The number of sulfonamides is 1. The van der Waals surface area contributed by atoms with E-state index in [0.29, 0.717) is 34.2 Å². The molecule has 1 amide bonds. The quantitative estimate of drug-likeness (QED) is 0.342. The largest absolute Gasteiger partial charge is 0.366 e. The average Bonchev–Trinajstić information content (AvgIpc) is 3.14. The smallest absolute Gasteiger partial charge is 0.262 e. The maximum atomic E-state index is 13.0. The molecule has 10 nitrogen and oxygen atoms in total. The summed E-state index contributed by atoms with van der Waals surface area (Å²) in [6.07, 6.45) is 0.579. The molecule has 0 fully saturated rings. The molecular formula is C23H24ClN7O3S. The van der Waals surface area contributed by atoms with Gasteiger partial charge in [-0.15, -0.1) is 5.10 Å². The number of hydrogen-bond donors (Lipinski definition) is 3. The van der Waals surface area contributed by atoms with Crippen molar-refractivity contribution in [1.82, 2.24) is 19.6 Å². The van der Waals surface area contributed by atoms with Crippen LogP contribution in [0.1, 0.15) is 28.9 Å². The minimum absolute atomic E-state index is 0.0559. The first kappa shape index (κ1) is 24.4. The van der Waals surface area contributed by atoms with Gasteiger partial charge in [0.1, 0.15) is 0 Å². The van der Waals surface area contributed by atoms with Crippen molar-refractivity contribution in [2.24, 2.45) is 0 Å². The van der Waals surface area contributed by atoms with Gasteiger partial charge >= 0.3 is 0 Å². The Bertz CT molecular complexity index is 1550. The third kappa shape index (κ3) is 5.36. The van der Waals surface area contributed by atoms with E-state index in [1.165, 1.54) is 12.1 Å². The minimum atomic E-state index is -3.90. The van der Waals surface area contributed by atoms with Crippen LogP contribution in [-0.4, -0.2) is 33.9 Å². The van der Waals surface area contributed by atoms with Gasteiger partial charge in [0.25, 0.3) is 15.8 Å². The molecule has 2 aromatic heterocycles. The number of carbonyl (C=O) groups excluding carboxylic acids is 1. The number of nitrogens with two attached hydrogens (primary N) is 1. The molecule has 0 spiro atoms. The van der Waals surface area contributed by atoms with Gasteiger partial charge in [-0.1, -0.05) is 23.7 Å². The van der Waals surface area contributed by atoms with Crippen LogP contribution in [0.3, 0.4) is 0 Å². The number of nitrogens with zero attached hydrogens (tertiary/aromatic N) is 4. The van der Waals surface area contributed by atoms with Crippen LogP contribution in [0.2, 0.25) is 5.02 Å². The van der Waals surface area contributed by atoms with Gasteiger partial charge in [-0.3, -0.25) is 9.52 Å². The molecule has 0 atom stereocenters. The monoisotopic (exact) mass is 513 g/mol. The Hall–Kier alpha value is -3.70. The molecule has 4 N–H and O–H groups in total. The Labute approximate surface area is 207 Å². The highest BCUT2D eigenvalue weighted by Crippen LogP contribution is 2.25. The van der Waals surface area contributed by atoms with E-state index < -0.39 is 10.0 Å². The average molecular weight is 514 g/mol. The Kier molecular flexibility index (Phi) is 6.64. The number of aromatic nitrogens is 4. The Morgan fingerprint density at radius 3 is 2.60 bits per heavy atom. The molecule has 0 saturated heterocycles. The lowest BCUT2D eigenvalue weighted by Crippen LogP contribution is -2.17. The first-order valence-electron chi connectivity index (χ1n) is 10.7. The predicted molar refractivity (Wildman–Crippen MR) is 135 cm³/mol. The number of benzene rings is 2. The number of rotatable bonds is 7. The van der Waals surface area contributed by atoms with Crippen LogP contribution in [-0.2, 0) is 21.2 Å². The molecule has 12 heteroatoms. The van der Waals surface area contributed by atoms with Gasteiger partial charge in [0.15, 0.2) is 0 Å². The zero-order valence-electron chi connectivity index (χ0n) is 19.3. The molecule has 0 aliphatic rings. The maximum absolute atomic E-state index is 13.0. The van der Waals surface area contributed by atoms with Gasteiger partial charge in [-0.2, -0.15) is 9.50 Å². The predicted octanol–water partition coefficient (Wildman–Crippen LogP) is 3.66. The second-order valence-corrected chi connectivity index (χ2v) is 10.2. The second kappa shape index (κ2) is 9.51. The van der Waals surface area contributed by atoms with Gasteiger partial charge < -0.3 is 11.1 Å². The Morgan fingerprint density at radius 2 is 1.86 bits per heavy atom. The molecule has 2 heterocycles. The van der Waals surface area contributed by atoms with E-state index in [1.807, 2.05) is 13.8 Å². The summed E-state index contributed by atoms with van der Waals surface area (Å²) in [5.74, 6) is 0.271. The normalized spacial score (nSPS) is 11.5. The summed E-state index contributed by atoms with van der Waals surface area (Å²) in [7, 11) is -3.90. The fourth-order valence-electron chi connectivity index (χ4n) is 3.78. The molecule has 0 aliphatic carbocycles. The number of halogens is 1. The molecule has 2 aromatic carbocycles. The summed E-state index contributed by atoms with van der Waals surface area (Å²) in [5, 5.41) is 7.32. The molecular weight excluding hydrogens is 490 g/mol. The number of carbonyl (C=O) groups is 1. The van der Waals surface area contributed by atoms with Crippen molar-refractivity contribution in [2.75, 3.05) is 15.8 Å². The van der Waals surface area contributed by atoms with E-state index >= 15 is 0 Å². The van der Waals surface area contributed by atoms with E-state index in [0.717, 1.165) is 17.0 Å². The topological polar surface area (TPSA) is 144 Å². The molecule has 4 rings (SSSR count). The van der Waals surface area contributed by atoms with Crippen molar-refractivity contribution >= 4 is 50.6 Å². The van der Waals surface area contributed by atoms with E-state index in [1.54, 1.807) is 41.8 Å². The van der Waals surface area contributed by atoms with Crippen molar-refractivity contribution in [3.8, 4) is 0 Å². The first-order valence-corrected chi connectivity index (χ1v) is 12.6.